The summed E-state index contributed by atoms with van der Waals surface area (Å²) in [7, 11) is 0. The fourth-order valence-electron chi connectivity index (χ4n) is 0. The van der Waals surface area contributed by atoms with Crippen LogP contribution in [0.2, 0.25) is 0 Å². The number of nitrogens with zero attached hydrogens (tertiary/aromatic N) is 2. The molecule has 0 saturated heterocycles. The fraction of sp³-hybridized carbons (Fsp3) is 0. The maximum atomic E-state index is 7.26. The third-order valence-electron chi connectivity index (χ3n) is 0.0500. The summed E-state index contributed by atoms with van der Waals surface area (Å²) in [5.41, 5.74) is 0. The van der Waals surface area contributed by atoms with Gasteiger partial charge in [0.15, 0.2) is 12.1 Å². The predicted molar refractivity (Wildman–Crippen MR) is 11.2 cm³/mol. The molecule has 26 valence electrons. The second-order valence-electron chi connectivity index (χ2n) is 0.224. The van der Waals surface area contributed by atoms with Crippen molar-refractivity contribution in [3.05, 3.63) is 0 Å². The Labute approximate surface area is 45.5 Å². The van der Waals surface area contributed by atoms with Gasteiger partial charge >= 0.3 is 22.4 Å². The Kier molecular flexibility index (Phi) is 16.4. The van der Waals surface area contributed by atoms with E-state index in [0.29, 0.717) is 0 Å². The first-order chi connectivity index (χ1) is 1.91. The molecule has 0 unspecified atom stereocenters. The van der Waals surface area contributed by atoms with Crippen LogP contribution in [0.15, 0.2) is 0 Å². The molecule has 0 aliphatic heterocycles. The van der Waals surface area contributed by atoms with Crippen LogP contribution in [0.3, 0.4) is 0 Å². The Morgan fingerprint density at radius 2 is 1.20 bits per heavy atom. The fourth-order valence-corrected chi connectivity index (χ4v) is 0. The third-order valence-corrected chi connectivity index (χ3v) is 0.0500. The van der Waals surface area contributed by atoms with Crippen molar-refractivity contribution in [2.24, 2.45) is 0 Å². The number of rotatable bonds is 0. The Balaban J connectivity index is 0. The molecule has 0 aliphatic carbocycles. The molecule has 0 radical (unpaired) electrons. The Morgan fingerprint density at radius 1 is 1.00 bits per heavy atom. The van der Waals surface area contributed by atoms with Crippen LogP contribution >= 0.6 is 0 Å². The zero-order valence-electron chi connectivity index (χ0n) is 2.20. The van der Waals surface area contributed by atoms with Gasteiger partial charge in [-0.15, -0.1) is 0 Å². The van der Waals surface area contributed by atoms with Crippen LogP contribution in [-0.2, 0) is 22.4 Å². The number of hydrogen-bond acceptors (Lipinski definition) is 2. The average molecular weight is 249 g/mol. The molecule has 0 fully saturated rings. The van der Waals surface area contributed by atoms with E-state index in [-0.39, 0.29) is 22.4 Å². The first-order valence-corrected chi connectivity index (χ1v) is 0.697. The molecule has 0 spiro atoms. The van der Waals surface area contributed by atoms with E-state index in [0.717, 1.165) is 0 Å². The SMILES string of the molecule is N#CC#N.[Au+3]. The van der Waals surface area contributed by atoms with Crippen molar-refractivity contribution in [3.63, 3.8) is 0 Å². The number of hydrogen-bond donors (Lipinski definition) is 0. The second kappa shape index (κ2) is 9.30. The van der Waals surface area contributed by atoms with E-state index < -0.39 is 0 Å². The van der Waals surface area contributed by atoms with E-state index in [1.807, 2.05) is 0 Å². The summed E-state index contributed by atoms with van der Waals surface area (Å²) in [6.45, 7) is 0. The molecule has 0 N–H and O–H groups in total. The molecule has 0 aliphatic rings. The summed E-state index contributed by atoms with van der Waals surface area (Å²) < 4.78 is 0. The van der Waals surface area contributed by atoms with Crippen molar-refractivity contribution in [3.8, 4) is 12.1 Å². The summed E-state index contributed by atoms with van der Waals surface area (Å²) in [5.74, 6) is 0. The zero-order valence-corrected chi connectivity index (χ0v) is 4.36. The van der Waals surface area contributed by atoms with Gasteiger partial charge in [-0.3, -0.25) is 0 Å². The monoisotopic (exact) mass is 249 g/mol. The van der Waals surface area contributed by atoms with Gasteiger partial charge < -0.3 is 0 Å². The Morgan fingerprint density at radius 3 is 1.20 bits per heavy atom. The zero-order chi connectivity index (χ0) is 3.41. The number of nitriles is 2. The molecule has 5 heavy (non-hydrogen) atoms. The molecule has 0 aromatic carbocycles. The van der Waals surface area contributed by atoms with E-state index >= 15 is 0 Å². The molecular weight excluding hydrogens is 249 g/mol. The summed E-state index contributed by atoms with van der Waals surface area (Å²) in [6.07, 6.45) is 0. The molecule has 0 aromatic heterocycles. The minimum Gasteiger partial charge on any atom is -0.181 e. The van der Waals surface area contributed by atoms with Gasteiger partial charge in [0.25, 0.3) is 0 Å². The summed E-state index contributed by atoms with van der Waals surface area (Å²) in [4.78, 5) is 0. The molecule has 0 saturated carbocycles. The largest absolute Gasteiger partial charge is 3.00 e. The van der Waals surface area contributed by atoms with Crippen LogP contribution in [0.1, 0.15) is 0 Å². The molecule has 0 bridgehead atoms. The maximum absolute atomic E-state index is 7.26. The normalized spacial score (nSPS) is 2.00. The van der Waals surface area contributed by atoms with Crippen molar-refractivity contribution >= 4 is 0 Å². The van der Waals surface area contributed by atoms with Gasteiger partial charge in [0, 0.05) is 0 Å². The average Bonchev–Trinajstić information content (AvgIpc) is 1.37. The topological polar surface area (TPSA) is 47.6 Å². The van der Waals surface area contributed by atoms with Gasteiger partial charge in [0.05, 0.1) is 0 Å². The Hall–Kier alpha value is -0.280. The van der Waals surface area contributed by atoms with Gasteiger partial charge in [-0.25, -0.2) is 0 Å². The van der Waals surface area contributed by atoms with Crippen molar-refractivity contribution < 1.29 is 22.4 Å². The van der Waals surface area contributed by atoms with Crippen LogP contribution in [0.25, 0.3) is 0 Å². The van der Waals surface area contributed by atoms with E-state index in [1.165, 1.54) is 12.1 Å². The van der Waals surface area contributed by atoms with Crippen LogP contribution in [-0.4, -0.2) is 0 Å². The van der Waals surface area contributed by atoms with Gasteiger partial charge in [-0.1, -0.05) is 0 Å². The predicted octanol–water partition coefficient (Wildman–Crippen LogP) is 0.0311. The molecule has 0 atom stereocenters. The molecule has 0 rings (SSSR count). The van der Waals surface area contributed by atoms with E-state index in [4.69, 9.17) is 10.5 Å². The summed E-state index contributed by atoms with van der Waals surface area (Å²) in [5, 5.41) is 14.5. The quantitative estimate of drug-likeness (QED) is 0.568. The first-order valence-electron chi connectivity index (χ1n) is 0.697. The van der Waals surface area contributed by atoms with Gasteiger partial charge in [-0.05, 0) is 0 Å². The van der Waals surface area contributed by atoms with Crippen molar-refractivity contribution in [2.75, 3.05) is 0 Å². The minimum absolute atomic E-state index is 0. The molecule has 2 nitrogen and oxygen atoms in total. The second-order valence-corrected chi connectivity index (χ2v) is 0.224. The van der Waals surface area contributed by atoms with E-state index in [2.05, 4.69) is 0 Å². The van der Waals surface area contributed by atoms with Crippen molar-refractivity contribution in [2.45, 2.75) is 0 Å². The van der Waals surface area contributed by atoms with Gasteiger partial charge in [0.1, 0.15) is 0 Å². The molecule has 0 amide bonds. The smallest absolute Gasteiger partial charge is 0.181 e. The van der Waals surface area contributed by atoms with Crippen LogP contribution in [0.4, 0.5) is 0 Å². The standard InChI is InChI=1S/C2N2.Au/c3-1-2-4;/q;+3. The minimum atomic E-state index is 0. The molecular formula is C2AuN2+3. The molecule has 0 aromatic rings. The molecule has 3 heteroatoms. The van der Waals surface area contributed by atoms with Crippen molar-refractivity contribution in [1.82, 2.24) is 0 Å². The third kappa shape index (κ3) is 21.2. The Bertz CT molecular complexity index is 62.6. The van der Waals surface area contributed by atoms with E-state index in [1.54, 1.807) is 0 Å². The van der Waals surface area contributed by atoms with Crippen LogP contribution in [0, 0.1) is 22.7 Å². The first kappa shape index (κ1) is 8.83. The van der Waals surface area contributed by atoms with E-state index in [9.17, 15) is 0 Å². The van der Waals surface area contributed by atoms with Crippen LogP contribution < -0.4 is 0 Å². The maximum Gasteiger partial charge on any atom is 3.00 e. The van der Waals surface area contributed by atoms with Gasteiger partial charge in [-0.2, -0.15) is 10.5 Å². The molecule has 0 heterocycles. The summed E-state index contributed by atoms with van der Waals surface area (Å²) >= 11 is 0. The van der Waals surface area contributed by atoms with Gasteiger partial charge in [0.2, 0.25) is 0 Å². The summed E-state index contributed by atoms with van der Waals surface area (Å²) in [6, 6.07) is 2.47. The van der Waals surface area contributed by atoms with Crippen LogP contribution in [0.5, 0.6) is 0 Å². The van der Waals surface area contributed by atoms with Crippen molar-refractivity contribution in [1.29, 1.82) is 10.5 Å².